The van der Waals surface area contributed by atoms with Crippen LogP contribution in [0.1, 0.15) is 290 Å². The molecule has 0 heterocycles. The van der Waals surface area contributed by atoms with Crippen LogP contribution in [0.2, 0.25) is 0 Å². The van der Waals surface area contributed by atoms with Gasteiger partial charge in [-0.05, 0) is 83.5 Å². The minimum Gasteiger partial charge on any atom is -0.466 e. The highest BCUT2D eigenvalue weighted by Gasteiger charge is 2.18. The van der Waals surface area contributed by atoms with Gasteiger partial charge in [-0.1, -0.05) is 230 Å². The number of aliphatic hydroxyl groups is 2. The molecule has 0 aliphatic heterocycles. The number of aliphatic hydroxyl groups excluding tert-OH is 2. The topological polar surface area (TPSA) is 95.9 Å². The summed E-state index contributed by atoms with van der Waals surface area (Å²) in [5.74, 6) is -0.0862. The molecule has 0 rings (SSSR count). The van der Waals surface area contributed by atoms with Gasteiger partial charge < -0.3 is 20.3 Å². The Morgan fingerprint density at radius 3 is 1.13 bits per heavy atom. The molecule has 63 heavy (non-hydrogen) atoms. The van der Waals surface area contributed by atoms with Gasteiger partial charge in [0.2, 0.25) is 5.91 Å². The van der Waals surface area contributed by atoms with Crippen molar-refractivity contribution in [3.63, 3.8) is 0 Å². The maximum absolute atomic E-state index is 12.4. The van der Waals surface area contributed by atoms with Crippen LogP contribution in [0.5, 0.6) is 0 Å². The van der Waals surface area contributed by atoms with E-state index >= 15 is 0 Å². The zero-order valence-corrected chi connectivity index (χ0v) is 42.1. The van der Waals surface area contributed by atoms with Crippen LogP contribution in [0.4, 0.5) is 0 Å². The van der Waals surface area contributed by atoms with Gasteiger partial charge in [-0.2, -0.15) is 0 Å². The van der Waals surface area contributed by atoms with Crippen molar-refractivity contribution >= 4 is 11.9 Å². The molecule has 2 unspecified atom stereocenters. The Balaban J connectivity index is 3.44. The Labute approximate surface area is 392 Å². The van der Waals surface area contributed by atoms with Crippen molar-refractivity contribution in [1.29, 1.82) is 0 Å². The number of amides is 1. The molecular formula is C57H107NO5. The van der Waals surface area contributed by atoms with Crippen molar-refractivity contribution in [2.45, 2.75) is 302 Å². The molecule has 0 aromatic heterocycles. The highest BCUT2D eigenvalue weighted by molar-refractivity contribution is 5.76. The average molecular weight is 886 g/mol. The van der Waals surface area contributed by atoms with Crippen molar-refractivity contribution in [3.05, 3.63) is 36.5 Å². The summed E-state index contributed by atoms with van der Waals surface area (Å²) in [5.41, 5.74) is 0. The summed E-state index contributed by atoms with van der Waals surface area (Å²) in [6.45, 7) is 4.86. The van der Waals surface area contributed by atoms with Crippen molar-refractivity contribution in [2.75, 3.05) is 13.2 Å². The summed E-state index contributed by atoms with van der Waals surface area (Å²) in [6.07, 6.45) is 64.5. The second-order valence-corrected chi connectivity index (χ2v) is 18.9. The van der Waals surface area contributed by atoms with Crippen molar-refractivity contribution < 1.29 is 24.5 Å². The number of carbonyl (C=O) groups excluding carboxylic acids is 2. The molecule has 2 atom stereocenters. The molecule has 0 aliphatic carbocycles. The number of carbonyl (C=O) groups is 2. The van der Waals surface area contributed by atoms with Crippen LogP contribution in [0.3, 0.4) is 0 Å². The largest absolute Gasteiger partial charge is 0.466 e. The zero-order valence-electron chi connectivity index (χ0n) is 42.1. The third-order valence-electron chi connectivity index (χ3n) is 12.6. The molecule has 1 amide bonds. The lowest BCUT2D eigenvalue weighted by Gasteiger charge is -2.20. The van der Waals surface area contributed by atoms with Gasteiger partial charge in [0.05, 0.1) is 25.4 Å². The number of nitrogens with one attached hydrogen (secondary N) is 1. The molecule has 370 valence electrons. The van der Waals surface area contributed by atoms with Crippen LogP contribution in [-0.4, -0.2) is 47.4 Å². The second kappa shape index (κ2) is 52.7. The summed E-state index contributed by atoms with van der Waals surface area (Å²) >= 11 is 0. The first-order valence-corrected chi connectivity index (χ1v) is 27.8. The third kappa shape index (κ3) is 49.4. The van der Waals surface area contributed by atoms with Gasteiger partial charge in [0, 0.05) is 12.8 Å². The number of allylic oxidation sites excluding steroid dienone is 5. The maximum Gasteiger partial charge on any atom is 0.305 e. The fourth-order valence-corrected chi connectivity index (χ4v) is 8.33. The predicted octanol–water partition coefficient (Wildman–Crippen LogP) is 16.9. The summed E-state index contributed by atoms with van der Waals surface area (Å²) in [6, 6.07) is -0.635. The van der Waals surface area contributed by atoms with Gasteiger partial charge in [-0.15, -0.1) is 0 Å². The summed E-state index contributed by atoms with van der Waals surface area (Å²) in [4.78, 5) is 24.5. The smallest absolute Gasteiger partial charge is 0.305 e. The fraction of sp³-hybridized carbons (Fsp3) is 0.860. The Morgan fingerprint density at radius 1 is 0.429 bits per heavy atom. The Hall–Kier alpha value is -1.92. The lowest BCUT2D eigenvalue weighted by Crippen LogP contribution is -2.45. The lowest BCUT2D eigenvalue weighted by atomic mass is 10.1. The molecule has 3 N–H and O–H groups in total. The van der Waals surface area contributed by atoms with Gasteiger partial charge >= 0.3 is 5.97 Å². The number of hydrogen-bond donors (Lipinski definition) is 3. The molecule has 6 heteroatoms. The number of unbranched alkanes of at least 4 members (excludes halogenated alkanes) is 36. The van der Waals surface area contributed by atoms with Crippen molar-refractivity contribution in [3.8, 4) is 0 Å². The van der Waals surface area contributed by atoms with E-state index in [0.29, 0.717) is 19.4 Å². The standard InChI is InChI=1S/C57H107NO5/c1-3-5-7-9-11-13-15-16-17-18-19-22-25-28-31-35-39-43-47-51-57(62)63-52-48-44-40-36-32-29-26-23-20-21-24-27-30-34-38-42-46-50-56(61)58-54(53-59)55(60)49-45-41-37-33-14-12-10-8-6-4-2/h16-17,20,23,45,49,54-55,59-60H,3-15,18-19,21-22,24-44,46-48,50-53H2,1-2H3,(H,58,61)/b17-16-,23-20-,49-45+. The van der Waals surface area contributed by atoms with E-state index < -0.39 is 12.1 Å². The monoisotopic (exact) mass is 886 g/mol. The van der Waals surface area contributed by atoms with Gasteiger partial charge in [0.25, 0.3) is 0 Å². The molecule has 6 nitrogen and oxygen atoms in total. The number of rotatable bonds is 51. The normalized spacial score (nSPS) is 12.9. The number of esters is 1. The van der Waals surface area contributed by atoms with E-state index in [1.54, 1.807) is 6.08 Å². The SMILES string of the molecule is CCCCCCCC/C=C\CCCCCCCCCCCC(=O)OCCCCCCCC/C=C\CCCCCCCCCC(=O)NC(CO)C(O)/C=C/CCCCCCCCCC. The molecule has 0 aliphatic rings. The molecule has 0 radical (unpaired) electrons. The van der Waals surface area contributed by atoms with Crippen LogP contribution in [0, 0.1) is 0 Å². The third-order valence-corrected chi connectivity index (χ3v) is 12.6. The highest BCUT2D eigenvalue weighted by atomic mass is 16.5. The second-order valence-electron chi connectivity index (χ2n) is 18.9. The summed E-state index contributed by atoms with van der Waals surface area (Å²) in [5, 5.41) is 22.9. The van der Waals surface area contributed by atoms with E-state index in [-0.39, 0.29) is 18.5 Å². The Bertz CT molecular complexity index is 1020. The first-order chi connectivity index (χ1) is 31.0. The average Bonchev–Trinajstić information content (AvgIpc) is 3.28. The quantitative estimate of drug-likeness (QED) is 0.0321. The number of ether oxygens (including phenoxy) is 1. The van der Waals surface area contributed by atoms with Crippen molar-refractivity contribution in [1.82, 2.24) is 5.32 Å². The number of hydrogen-bond acceptors (Lipinski definition) is 5. The van der Waals surface area contributed by atoms with Gasteiger partial charge in [-0.25, -0.2) is 0 Å². The van der Waals surface area contributed by atoms with Gasteiger partial charge in [0.1, 0.15) is 0 Å². The molecule has 0 spiro atoms. The van der Waals surface area contributed by atoms with E-state index in [9.17, 15) is 19.8 Å². The molecule has 0 aromatic rings. The Kier molecular flexibility index (Phi) is 51.1. The maximum atomic E-state index is 12.4. The molecular weight excluding hydrogens is 779 g/mol. The van der Waals surface area contributed by atoms with Crippen LogP contribution in [0.25, 0.3) is 0 Å². The Morgan fingerprint density at radius 2 is 0.746 bits per heavy atom. The van der Waals surface area contributed by atoms with Crippen LogP contribution in [0.15, 0.2) is 36.5 Å². The van der Waals surface area contributed by atoms with E-state index in [1.165, 1.54) is 205 Å². The van der Waals surface area contributed by atoms with E-state index in [0.717, 1.165) is 57.8 Å². The molecule has 0 saturated carbocycles. The minimum absolute atomic E-state index is 0.00379. The van der Waals surface area contributed by atoms with Crippen LogP contribution < -0.4 is 5.32 Å². The minimum atomic E-state index is -0.850. The lowest BCUT2D eigenvalue weighted by molar-refractivity contribution is -0.143. The van der Waals surface area contributed by atoms with E-state index in [4.69, 9.17) is 4.74 Å². The summed E-state index contributed by atoms with van der Waals surface area (Å²) < 4.78 is 5.48. The van der Waals surface area contributed by atoms with E-state index in [1.807, 2.05) is 6.08 Å². The first kappa shape index (κ1) is 61.1. The zero-order chi connectivity index (χ0) is 45.8. The molecule has 0 aromatic carbocycles. The fourth-order valence-electron chi connectivity index (χ4n) is 8.33. The first-order valence-electron chi connectivity index (χ1n) is 27.8. The van der Waals surface area contributed by atoms with Gasteiger partial charge in [0.15, 0.2) is 0 Å². The summed E-state index contributed by atoms with van der Waals surface area (Å²) in [7, 11) is 0. The molecule has 0 fully saturated rings. The van der Waals surface area contributed by atoms with E-state index in [2.05, 4.69) is 43.5 Å². The van der Waals surface area contributed by atoms with Crippen molar-refractivity contribution in [2.24, 2.45) is 0 Å². The molecule has 0 bridgehead atoms. The van der Waals surface area contributed by atoms with Crippen LogP contribution >= 0.6 is 0 Å². The van der Waals surface area contributed by atoms with Crippen LogP contribution in [-0.2, 0) is 14.3 Å². The van der Waals surface area contributed by atoms with Gasteiger partial charge in [-0.3, -0.25) is 9.59 Å². The highest BCUT2D eigenvalue weighted by Crippen LogP contribution is 2.15. The molecule has 0 saturated heterocycles. The predicted molar refractivity (Wildman–Crippen MR) is 273 cm³/mol.